The van der Waals surface area contributed by atoms with Crippen molar-refractivity contribution in [3.05, 3.63) is 58.7 Å². The van der Waals surface area contributed by atoms with E-state index >= 15 is 0 Å². The Morgan fingerprint density at radius 2 is 1.70 bits per heavy atom. The molecule has 0 aromatic heterocycles. The highest BCUT2D eigenvalue weighted by Gasteiger charge is 2.09. The summed E-state index contributed by atoms with van der Waals surface area (Å²) in [5, 5.41) is 3.56. The summed E-state index contributed by atoms with van der Waals surface area (Å²) in [5.41, 5.74) is 6.23. The second-order valence-electron chi connectivity index (χ2n) is 5.41. The van der Waals surface area contributed by atoms with E-state index in [1.807, 2.05) is 6.07 Å². The largest absolute Gasteiger partial charge is 0.496 e. The number of ether oxygens (including phenoxy) is 1. The summed E-state index contributed by atoms with van der Waals surface area (Å²) in [4.78, 5) is 0. The molecule has 0 fully saturated rings. The number of anilines is 1. The molecule has 1 atom stereocenters. The molecule has 0 heterocycles. The van der Waals surface area contributed by atoms with E-state index in [2.05, 4.69) is 63.3 Å². The number of hydrogen-bond donors (Lipinski definition) is 1. The van der Waals surface area contributed by atoms with Crippen LogP contribution in [0.2, 0.25) is 0 Å². The van der Waals surface area contributed by atoms with Gasteiger partial charge in [-0.1, -0.05) is 23.8 Å². The summed E-state index contributed by atoms with van der Waals surface area (Å²) >= 11 is 0. The summed E-state index contributed by atoms with van der Waals surface area (Å²) in [6, 6.07) is 13.1. The van der Waals surface area contributed by atoms with Crippen molar-refractivity contribution in [1.82, 2.24) is 0 Å². The van der Waals surface area contributed by atoms with Crippen molar-refractivity contribution in [2.45, 2.75) is 33.7 Å². The zero-order valence-corrected chi connectivity index (χ0v) is 12.9. The summed E-state index contributed by atoms with van der Waals surface area (Å²) < 4.78 is 5.30. The lowest BCUT2D eigenvalue weighted by Gasteiger charge is -2.19. The SMILES string of the molecule is COc1ccc(NC(C)c2cc(C)ccc2C)cc1C. The van der Waals surface area contributed by atoms with Gasteiger partial charge in [-0.25, -0.2) is 0 Å². The fourth-order valence-electron chi connectivity index (χ4n) is 2.52. The van der Waals surface area contributed by atoms with Gasteiger partial charge >= 0.3 is 0 Å². The summed E-state index contributed by atoms with van der Waals surface area (Å²) in [7, 11) is 1.70. The van der Waals surface area contributed by atoms with Gasteiger partial charge in [0.05, 0.1) is 7.11 Å². The zero-order chi connectivity index (χ0) is 14.7. The van der Waals surface area contributed by atoms with Gasteiger partial charge in [-0.15, -0.1) is 0 Å². The standard InChI is InChI=1S/C18H23NO/c1-12-6-7-13(2)17(10-12)15(4)19-16-8-9-18(20-5)14(3)11-16/h6-11,15,19H,1-5H3. The first-order valence-electron chi connectivity index (χ1n) is 6.99. The molecule has 0 aliphatic heterocycles. The molecule has 0 bridgehead atoms. The van der Waals surface area contributed by atoms with E-state index < -0.39 is 0 Å². The minimum absolute atomic E-state index is 0.280. The molecule has 20 heavy (non-hydrogen) atoms. The minimum atomic E-state index is 0.280. The molecular weight excluding hydrogens is 246 g/mol. The quantitative estimate of drug-likeness (QED) is 0.861. The molecule has 1 unspecified atom stereocenters. The van der Waals surface area contributed by atoms with Crippen molar-refractivity contribution in [3.8, 4) is 5.75 Å². The van der Waals surface area contributed by atoms with Crippen LogP contribution in [0.3, 0.4) is 0 Å². The second kappa shape index (κ2) is 6.00. The first kappa shape index (κ1) is 14.4. The fourth-order valence-corrected chi connectivity index (χ4v) is 2.52. The van der Waals surface area contributed by atoms with Crippen molar-refractivity contribution in [2.24, 2.45) is 0 Å². The van der Waals surface area contributed by atoms with Crippen molar-refractivity contribution in [3.63, 3.8) is 0 Å². The Morgan fingerprint density at radius 1 is 0.950 bits per heavy atom. The molecule has 2 aromatic rings. The van der Waals surface area contributed by atoms with Crippen LogP contribution in [0.4, 0.5) is 5.69 Å². The highest BCUT2D eigenvalue weighted by molar-refractivity contribution is 5.52. The normalized spacial score (nSPS) is 12.1. The van der Waals surface area contributed by atoms with Crippen molar-refractivity contribution in [1.29, 1.82) is 0 Å². The Bertz CT molecular complexity index is 604. The summed E-state index contributed by atoms with van der Waals surface area (Å²) in [6.07, 6.45) is 0. The van der Waals surface area contributed by atoms with E-state index in [1.54, 1.807) is 7.11 Å². The summed E-state index contributed by atoms with van der Waals surface area (Å²) in [5.74, 6) is 0.926. The number of hydrogen-bond acceptors (Lipinski definition) is 2. The van der Waals surface area contributed by atoms with Crippen LogP contribution in [-0.4, -0.2) is 7.11 Å². The lowest BCUT2D eigenvalue weighted by atomic mass is 9.99. The Labute approximate surface area is 121 Å². The van der Waals surface area contributed by atoms with Crippen molar-refractivity contribution in [2.75, 3.05) is 12.4 Å². The van der Waals surface area contributed by atoms with E-state index in [0.717, 1.165) is 17.0 Å². The number of methoxy groups -OCH3 is 1. The maximum absolute atomic E-state index is 5.30. The molecule has 0 radical (unpaired) electrons. The van der Waals surface area contributed by atoms with Gasteiger partial charge in [0, 0.05) is 11.7 Å². The molecular formula is C18H23NO. The van der Waals surface area contributed by atoms with E-state index in [4.69, 9.17) is 4.74 Å². The Morgan fingerprint density at radius 3 is 2.35 bits per heavy atom. The lowest BCUT2D eigenvalue weighted by Crippen LogP contribution is -2.08. The first-order valence-corrected chi connectivity index (χ1v) is 6.99. The van der Waals surface area contributed by atoms with Gasteiger partial charge in [-0.3, -0.25) is 0 Å². The van der Waals surface area contributed by atoms with Gasteiger partial charge in [0.2, 0.25) is 0 Å². The molecule has 0 spiro atoms. The molecule has 2 nitrogen and oxygen atoms in total. The number of rotatable bonds is 4. The van der Waals surface area contributed by atoms with Crippen LogP contribution < -0.4 is 10.1 Å². The maximum atomic E-state index is 5.30. The van der Waals surface area contributed by atoms with Crippen LogP contribution >= 0.6 is 0 Å². The average molecular weight is 269 g/mol. The smallest absolute Gasteiger partial charge is 0.121 e. The van der Waals surface area contributed by atoms with E-state index in [-0.39, 0.29) is 6.04 Å². The minimum Gasteiger partial charge on any atom is -0.496 e. The number of benzene rings is 2. The number of aryl methyl sites for hydroxylation is 3. The predicted octanol–water partition coefficient (Wildman–Crippen LogP) is 4.79. The molecule has 106 valence electrons. The van der Waals surface area contributed by atoms with Crippen LogP contribution in [0.5, 0.6) is 5.75 Å². The maximum Gasteiger partial charge on any atom is 0.121 e. The van der Waals surface area contributed by atoms with Gasteiger partial charge in [0.25, 0.3) is 0 Å². The van der Waals surface area contributed by atoms with E-state index in [9.17, 15) is 0 Å². The second-order valence-corrected chi connectivity index (χ2v) is 5.41. The van der Waals surface area contributed by atoms with E-state index in [1.165, 1.54) is 16.7 Å². The predicted molar refractivity (Wildman–Crippen MR) is 85.7 cm³/mol. The molecule has 0 aliphatic carbocycles. The molecule has 0 aliphatic rings. The van der Waals surface area contributed by atoms with Gasteiger partial charge in [-0.2, -0.15) is 0 Å². The Kier molecular flexibility index (Phi) is 4.33. The monoisotopic (exact) mass is 269 g/mol. The molecule has 1 N–H and O–H groups in total. The first-order chi connectivity index (χ1) is 9.51. The highest BCUT2D eigenvalue weighted by Crippen LogP contribution is 2.26. The van der Waals surface area contributed by atoms with Gasteiger partial charge < -0.3 is 10.1 Å². The third-order valence-electron chi connectivity index (χ3n) is 3.68. The van der Waals surface area contributed by atoms with Crippen LogP contribution in [0.1, 0.15) is 35.2 Å². The van der Waals surface area contributed by atoms with Crippen molar-refractivity contribution < 1.29 is 4.74 Å². The van der Waals surface area contributed by atoms with E-state index in [0.29, 0.717) is 0 Å². The highest BCUT2D eigenvalue weighted by atomic mass is 16.5. The van der Waals surface area contributed by atoms with Crippen LogP contribution in [0, 0.1) is 20.8 Å². The molecule has 0 amide bonds. The topological polar surface area (TPSA) is 21.3 Å². The molecule has 0 saturated heterocycles. The fraction of sp³-hybridized carbons (Fsp3) is 0.333. The Hall–Kier alpha value is -1.96. The third-order valence-corrected chi connectivity index (χ3v) is 3.68. The molecule has 0 saturated carbocycles. The molecule has 2 heteroatoms. The van der Waals surface area contributed by atoms with Gasteiger partial charge in [-0.05, 0) is 62.6 Å². The third kappa shape index (κ3) is 3.13. The van der Waals surface area contributed by atoms with Crippen LogP contribution in [-0.2, 0) is 0 Å². The van der Waals surface area contributed by atoms with Crippen LogP contribution in [0.25, 0.3) is 0 Å². The molecule has 2 aromatic carbocycles. The zero-order valence-electron chi connectivity index (χ0n) is 12.9. The van der Waals surface area contributed by atoms with Crippen molar-refractivity contribution >= 4 is 5.69 Å². The lowest BCUT2D eigenvalue weighted by molar-refractivity contribution is 0.412. The van der Waals surface area contributed by atoms with Gasteiger partial charge in [0.1, 0.15) is 5.75 Å². The van der Waals surface area contributed by atoms with Crippen LogP contribution in [0.15, 0.2) is 36.4 Å². The van der Waals surface area contributed by atoms with Gasteiger partial charge in [0.15, 0.2) is 0 Å². The molecule has 2 rings (SSSR count). The Balaban J connectivity index is 2.21. The summed E-state index contributed by atoms with van der Waals surface area (Å²) in [6.45, 7) is 8.55. The number of nitrogens with one attached hydrogen (secondary N) is 1. The average Bonchev–Trinajstić information content (AvgIpc) is 2.41.